The van der Waals surface area contributed by atoms with E-state index in [0.717, 1.165) is 5.56 Å². The summed E-state index contributed by atoms with van der Waals surface area (Å²) in [6.07, 6.45) is -0.168. The highest BCUT2D eigenvalue weighted by molar-refractivity contribution is 5.91. The van der Waals surface area contributed by atoms with Crippen molar-refractivity contribution in [2.45, 2.75) is 39.0 Å². The summed E-state index contributed by atoms with van der Waals surface area (Å²) in [4.78, 5) is 26.0. The zero-order chi connectivity index (χ0) is 25.7. The molecule has 0 fully saturated rings. The van der Waals surface area contributed by atoms with Crippen molar-refractivity contribution in [3.63, 3.8) is 0 Å². The summed E-state index contributed by atoms with van der Waals surface area (Å²) in [5.41, 5.74) is 1.45. The van der Waals surface area contributed by atoms with Crippen molar-refractivity contribution in [3.05, 3.63) is 75.3 Å². The van der Waals surface area contributed by atoms with Crippen LogP contribution in [0, 0.1) is 6.92 Å². The minimum Gasteiger partial charge on any atom is -0.507 e. The lowest BCUT2D eigenvalue weighted by Crippen LogP contribution is -2.21. The fourth-order valence-electron chi connectivity index (χ4n) is 4.04. The third-order valence-corrected chi connectivity index (χ3v) is 5.80. The lowest BCUT2D eigenvalue weighted by atomic mass is 9.87. The Morgan fingerprint density at radius 3 is 2.20 bits per heavy atom. The molecular weight excluding hydrogens is 450 g/mol. The van der Waals surface area contributed by atoms with Gasteiger partial charge in [0.2, 0.25) is 11.7 Å². The van der Waals surface area contributed by atoms with Crippen LogP contribution in [0.3, 0.4) is 0 Å². The Labute approximate surface area is 204 Å². The van der Waals surface area contributed by atoms with Crippen LogP contribution in [-0.4, -0.2) is 32.3 Å². The largest absolute Gasteiger partial charge is 0.507 e. The number of rotatable bonds is 9. The van der Waals surface area contributed by atoms with Gasteiger partial charge in [0.05, 0.1) is 26.9 Å². The van der Waals surface area contributed by atoms with E-state index in [4.69, 9.17) is 18.6 Å². The van der Waals surface area contributed by atoms with Crippen LogP contribution in [0.5, 0.6) is 23.0 Å². The van der Waals surface area contributed by atoms with Crippen LogP contribution in [0.15, 0.2) is 51.7 Å². The quantitative estimate of drug-likeness (QED) is 0.445. The molecule has 0 aliphatic carbocycles. The van der Waals surface area contributed by atoms with Gasteiger partial charge < -0.3 is 29.1 Å². The molecule has 1 aromatic heterocycles. The summed E-state index contributed by atoms with van der Waals surface area (Å²) in [6, 6.07) is 12.2. The molecule has 1 amide bonds. The molecule has 0 aliphatic heterocycles. The zero-order valence-corrected chi connectivity index (χ0v) is 20.8. The van der Waals surface area contributed by atoms with Crippen LogP contribution in [0.4, 0.5) is 5.69 Å². The molecule has 2 N–H and O–H groups in total. The molecule has 0 unspecified atom stereocenters. The molecule has 1 heterocycles. The maximum atomic E-state index is 13.1. The first-order chi connectivity index (χ1) is 16.7. The zero-order valence-electron chi connectivity index (χ0n) is 20.8. The molecule has 0 radical (unpaired) electrons. The summed E-state index contributed by atoms with van der Waals surface area (Å²) in [6.45, 7) is 5.74. The van der Waals surface area contributed by atoms with Gasteiger partial charge in [0.15, 0.2) is 11.5 Å². The molecule has 8 nitrogen and oxygen atoms in total. The predicted molar refractivity (Wildman–Crippen MR) is 133 cm³/mol. The number of carbonyl (C=O) groups excluding carboxylic acids is 1. The minimum absolute atomic E-state index is 0.0496. The van der Waals surface area contributed by atoms with Gasteiger partial charge >= 0.3 is 5.63 Å². The monoisotopic (exact) mass is 481 g/mol. The highest BCUT2D eigenvalue weighted by atomic mass is 16.5. The van der Waals surface area contributed by atoms with Crippen molar-refractivity contribution < 1.29 is 28.5 Å². The molecule has 3 rings (SSSR count). The van der Waals surface area contributed by atoms with E-state index in [1.165, 1.54) is 27.4 Å². The van der Waals surface area contributed by atoms with E-state index >= 15 is 0 Å². The van der Waals surface area contributed by atoms with Gasteiger partial charge in [0, 0.05) is 29.7 Å². The SMILES string of the molecule is COc1ccc([C@H](CC(=O)Nc2ccc(C(C)C)cc2)c2c(O)cc(C)oc2=O)c(OC)c1OC. The minimum atomic E-state index is -0.892. The normalized spacial score (nSPS) is 11.7. The molecule has 0 aliphatic rings. The van der Waals surface area contributed by atoms with Crippen LogP contribution >= 0.6 is 0 Å². The molecule has 0 spiro atoms. The second-order valence-electron chi connectivity index (χ2n) is 8.45. The number of methoxy groups -OCH3 is 3. The van der Waals surface area contributed by atoms with Gasteiger partial charge in [-0.3, -0.25) is 4.79 Å². The van der Waals surface area contributed by atoms with Crippen LogP contribution in [0.25, 0.3) is 0 Å². The first kappa shape index (κ1) is 25.7. The smallest absolute Gasteiger partial charge is 0.343 e. The second-order valence-corrected chi connectivity index (χ2v) is 8.45. The summed E-state index contributed by atoms with van der Waals surface area (Å²) in [5, 5.41) is 13.6. The number of nitrogens with one attached hydrogen (secondary N) is 1. The van der Waals surface area contributed by atoms with Crippen LogP contribution in [-0.2, 0) is 4.79 Å². The number of hydrogen-bond acceptors (Lipinski definition) is 7. The second kappa shape index (κ2) is 11.0. The number of ether oxygens (including phenoxy) is 3. The Morgan fingerprint density at radius 2 is 1.66 bits per heavy atom. The molecule has 0 saturated heterocycles. The standard InChI is InChI=1S/C27H31NO7/c1-15(2)17-7-9-18(10-8-17)28-23(30)14-20(24-21(29)13-16(3)35-27(24)31)19-11-12-22(32-4)26(34-6)25(19)33-5/h7-13,15,20,29H,14H2,1-6H3,(H,28,30)/t20-/m0/s1. The van der Waals surface area contributed by atoms with Gasteiger partial charge in [0.25, 0.3) is 0 Å². The highest BCUT2D eigenvalue weighted by Crippen LogP contribution is 2.46. The molecule has 35 heavy (non-hydrogen) atoms. The topological polar surface area (TPSA) is 107 Å². The Hall–Kier alpha value is -3.94. The number of carbonyl (C=O) groups is 1. The molecule has 0 bridgehead atoms. The van der Waals surface area contributed by atoms with E-state index in [9.17, 15) is 14.7 Å². The molecule has 0 saturated carbocycles. The molecule has 186 valence electrons. The lowest BCUT2D eigenvalue weighted by molar-refractivity contribution is -0.116. The Kier molecular flexibility index (Phi) is 8.06. The fraction of sp³-hybridized carbons (Fsp3) is 0.333. The third-order valence-electron chi connectivity index (χ3n) is 5.80. The van der Waals surface area contributed by atoms with Crippen molar-refractivity contribution in [1.29, 1.82) is 0 Å². The lowest BCUT2D eigenvalue weighted by Gasteiger charge is -2.22. The highest BCUT2D eigenvalue weighted by Gasteiger charge is 2.30. The number of anilines is 1. The average Bonchev–Trinajstić information content (AvgIpc) is 2.82. The Bertz CT molecular complexity index is 1250. The van der Waals surface area contributed by atoms with Crippen molar-refractivity contribution in [3.8, 4) is 23.0 Å². The maximum absolute atomic E-state index is 13.1. The molecule has 8 heteroatoms. The van der Waals surface area contributed by atoms with E-state index in [1.54, 1.807) is 19.1 Å². The van der Waals surface area contributed by atoms with Crippen LogP contribution in [0.2, 0.25) is 0 Å². The van der Waals surface area contributed by atoms with E-state index in [1.807, 2.05) is 24.3 Å². The van der Waals surface area contributed by atoms with Gasteiger partial charge in [-0.25, -0.2) is 4.79 Å². The number of aromatic hydroxyl groups is 1. The predicted octanol–water partition coefficient (Wildman–Crippen LogP) is 4.96. The van der Waals surface area contributed by atoms with Crippen LogP contribution < -0.4 is 25.2 Å². The van der Waals surface area contributed by atoms with E-state index < -0.39 is 11.5 Å². The summed E-state index contributed by atoms with van der Waals surface area (Å²) < 4.78 is 21.7. The summed E-state index contributed by atoms with van der Waals surface area (Å²) in [7, 11) is 4.41. The van der Waals surface area contributed by atoms with Gasteiger partial charge in [-0.05, 0) is 36.6 Å². The number of aryl methyl sites for hydroxylation is 1. The van der Waals surface area contributed by atoms with Crippen molar-refractivity contribution in [2.75, 3.05) is 26.6 Å². The van der Waals surface area contributed by atoms with Crippen molar-refractivity contribution in [1.82, 2.24) is 0 Å². The molecular formula is C27H31NO7. The third kappa shape index (κ3) is 5.59. The van der Waals surface area contributed by atoms with Crippen molar-refractivity contribution >= 4 is 11.6 Å². The van der Waals surface area contributed by atoms with E-state index in [-0.39, 0.29) is 35.2 Å². The summed E-state index contributed by atoms with van der Waals surface area (Å²) >= 11 is 0. The van der Waals surface area contributed by atoms with Gasteiger partial charge in [-0.2, -0.15) is 0 Å². The summed E-state index contributed by atoms with van der Waals surface area (Å²) in [5.74, 6) is 0.106. The van der Waals surface area contributed by atoms with Gasteiger partial charge in [0.1, 0.15) is 11.5 Å². The Morgan fingerprint density at radius 1 is 1.00 bits per heavy atom. The van der Waals surface area contributed by atoms with Gasteiger partial charge in [-0.15, -0.1) is 0 Å². The van der Waals surface area contributed by atoms with Crippen molar-refractivity contribution in [2.24, 2.45) is 0 Å². The first-order valence-corrected chi connectivity index (χ1v) is 11.2. The maximum Gasteiger partial charge on any atom is 0.343 e. The Balaban J connectivity index is 2.07. The molecule has 1 atom stereocenters. The van der Waals surface area contributed by atoms with E-state index in [2.05, 4.69) is 19.2 Å². The molecule has 3 aromatic rings. The number of benzene rings is 2. The van der Waals surface area contributed by atoms with E-state index in [0.29, 0.717) is 28.7 Å². The number of amides is 1. The van der Waals surface area contributed by atoms with Gasteiger partial charge in [-0.1, -0.05) is 32.0 Å². The first-order valence-electron chi connectivity index (χ1n) is 11.2. The average molecular weight is 482 g/mol. The fourth-order valence-corrected chi connectivity index (χ4v) is 4.04. The van der Waals surface area contributed by atoms with Crippen LogP contribution in [0.1, 0.15) is 54.6 Å². The molecule has 2 aromatic carbocycles. The number of hydrogen-bond donors (Lipinski definition) is 2.